The number of aromatic nitrogens is 1. The number of benzene rings is 3. The Hall–Kier alpha value is -4.10. The largest absolute Gasteiger partial charge is 0.321 e. The zero-order valence-corrected chi connectivity index (χ0v) is 18.5. The summed E-state index contributed by atoms with van der Waals surface area (Å²) in [5, 5.41) is 14.6. The summed E-state index contributed by atoms with van der Waals surface area (Å²) in [6, 6.07) is 26.2. The molecule has 1 N–H and O–H groups in total. The van der Waals surface area contributed by atoms with E-state index in [-0.39, 0.29) is 5.57 Å². The van der Waals surface area contributed by atoms with Crippen molar-refractivity contribution in [3.05, 3.63) is 101 Å². The van der Waals surface area contributed by atoms with E-state index in [1.807, 2.05) is 62.4 Å². The molecule has 1 aromatic heterocycles. The maximum atomic E-state index is 12.8. The zero-order valence-electron chi connectivity index (χ0n) is 18.5. The number of nitrogens with one attached hydrogen (secondary N) is 1. The molecule has 0 aliphatic carbocycles. The van der Waals surface area contributed by atoms with Crippen LogP contribution < -0.4 is 5.32 Å². The van der Waals surface area contributed by atoms with Gasteiger partial charge in [-0.1, -0.05) is 49.4 Å². The van der Waals surface area contributed by atoms with Crippen molar-refractivity contribution in [3.63, 3.8) is 0 Å². The van der Waals surface area contributed by atoms with E-state index in [1.54, 1.807) is 6.08 Å². The molecule has 158 valence electrons. The Morgan fingerprint density at radius 2 is 1.72 bits per heavy atom. The van der Waals surface area contributed by atoms with E-state index in [0.717, 1.165) is 39.8 Å². The van der Waals surface area contributed by atoms with Gasteiger partial charge in [0.05, 0.1) is 0 Å². The Kier molecular flexibility index (Phi) is 5.91. The fraction of sp³-hybridized carbons (Fsp3) is 0.143. The van der Waals surface area contributed by atoms with E-state index >= 15 is 0 Å². The molecule has 0 bridgehead atoms. The summed E-state index contributed by atoms with van der Waals surface area (Å²) in [5.74, 6) is -0.417. The minimum Gasteiger partial charge on any atom is -0.321 e. The molecule has 0 aliphatic rings. The Balaban J connectivity index is 1.62. The fourth-order valence-electron chi connectivity index (χ4n) is 3.98. The number of amides is 1. The summed E-state index contributed by atoms with van der Waals surface area (Å²) in [6.45, 7) is 6.17. The number of aryl methyl sites for hydroxylation is 2. The van der Waals surface area contributed by atoms with E-state index in [4.69, 9.17) is 0 Å². The maximum absolute atomic E-state index is 12.8. The lowest BCUT2D eigenvalue weighted by Crippen LogP contribution is -2.13. The van der Waals surface area contributed by atoms with Crippen LogP contribution in [0.25, 0.3) is 22.5 Å². The Morgan fingerprint density at radius 3 is 2.41 bits per heavy atom. The van der Waals surface area contributed by atoms with Crippen LogP contribution in [0.2, 0.25) is 0 Å². The van der Waals surface area contributed by atoms with Gasteiger partial charge in [0.25, 0.3) is 5.91 Å². The van der Waals surface area contributed by atoms with Crippen molar-refractivity contribution < 1.29 is 4.79 Å². The smallest absolute Gasteiger partial charge is 0.266 e. The van der Waals surface area contributed by atoms with Crippen LogP contribution in [0.5, 0.6) is 0 Å². The molecule has 4 heteroatoms. The number of nitriles is 1. The molecule has 0 atom stereocenters. The molecule has 4 nitrogen and oxygen atoms in total. The second-order valence-corrected chi connectivity index (χ2v) is 7.87. The standard InChI is InChI=1S/C28H25N3O/c1-4-21-9-13-27(14-10-21)31-19(2)15-24(20(31)3)16-25(18-29)28(32)30-26-12-11-22-7-5-6-8-23(22)17-26/h5-17H,4H2,1-3H3,(H,30,32). The molecule has 0 saturated heterocycles. The van der Waals surface area contributed by atoms with Crippen molar-refractivity contribution in [2.24, 2.45) is 0 Å². The third-order valence-corrected chi connectivity index (χ3v) is 5.75. The minimum absolute atomic E-state index is 0.0692. The molecule has 3 aromatic carbocycles. The molecule has 0 spiro atoms. The molecule has 0 unspecified atom stereocenters. The predicted octanol–water partition coefficient (Wildman–Crippen LogP) is 6.36. The summed E-state index contributed by atoms with van der Waals surface area (Å²) in [7, 11) is 0. The number of carbonyl (C=O) groups excluding carboxylic acids is 1. The lowest BCUT2D eigenvalue weighted by molar-refractivity contribution is -0.112. The number of fused-ring (bicyclic) bond motifs is 1. The van der Waals surface area contributed by atoms with Crippen LogP contribution in [0.15, 0.2) is 78.4 Å². The lowest BCUT2D eigenvalue weighted by Gasteiger charge is -2.10. The third-order valence-electron chi connectivity index (χ3n) is 5.75. The monoisotopic (exact) mass is 419 g/mol. The highest BCUT2D eigenvalue weighted by Gasteiger charge is 2.14. The van der Waals surface area contributed by atoms with Crippen molar-refractivity contribution in [1.29, 1.82) is 5.26 Å². The number of anilines is 1. The predicted molar refractivity (Wildman–Crippen MR) is 131 cm³/mol. The molecular formula is C28H25N3O. The average Bonchev–Trinajstić information content (AvgIpc) is 3.09. The minimum atomic E-state index is -0.417. The van der Waals surface area contributed by atoms with Crippen molar-refractivity contribution in [1.82, 2.24) is 4.57 Å². The van der Waals surface area contributed by atoms with E-state index in [0.29, 0.717) is 5.69 Å². The van der Waals surface area contributed by atoms with Crippen LogP contribution in [0.1, 0.15) is 29.4 Å². The first-order valence-corrected chi connectivity index (χ1v) is 10.7. The van der Waals surface area contributed by atoms with Gasteiger partial charge in [-0.2, -0.15) is 5.26 Å². The molecule has 4 aromatic rings. The van der Waals surface area contributed by atoms with Gasteiger partial charge in [-0.3, -0.25) is 4.79 Å². The van der Waals surface area contributed by atoms with Gasteiger partial charge in [0.15, 0.2) is 0 Å². The van der Waals surface area contributed by atoms with E-state index < -0.39 is 5.91 Å². The van der Waals surface area contributed by atoms with Gasteiger partial charge in [0, 0.05) is 22.8 Å². The van der Waals surface area contributed by atoms with Crippen LogP contribution in [-0.4, -0.2) is 10.5 Å². The molecule has 0 fully saturated rings. The molecule has 0 radical (unpaired) electrons. The second kappa shape index (κ2) is 8.95. The van der Waals surface area contributed by atoms with E-state index in [9.17, 15) is 10.1 Å². The van der Waals surface area contributed by atoms with Gasteiger partial charge in [0.2, 0.25) is 0 Å². The first-order chi connectivity index (χ1) is 15.5. The van der Waals surface area contributed by atoms with Gasteiger partial charge in [0.1, 0.15) is 11.6 Å². The van der Waals surface area contributed by atoms with Crippen LogP contribution in [0, 0.1) is 25.2 Å². The zero-order chi connectivity index (χ0) is 22.7. The fourth-order valence-corrected chi connectivity index (χ4v) is 3.98. The highest BCUT2D eigenvalue weighted by atomic mass is 16.1. The van der Waals surface area contributed by atoms with E-state index in [2.05, 4.69) is 47.1 Å². The van der Waals surface area contributed by atoms with Gasteiger partial charge >= 0.3 is 0 Å². The lowest BCUT2D eigenvalue weighted by atomic mass is 10.1. The van der Waals surface area contributed by atoms with E-state index in [1.165, 1.54) is 5.56 Å². The molecule has 0 saturated carbocycles. The number of hydrogen-bond acceptors (Lipinski definition) is 2. The average molecular weight is 420 g/mol. The first kappa shape index (κ1) is 21.1. The van der Waals surface area contributed by atoms with Crippen molar-refractivity contribution >= 4 is 28.4 Å². The molecular weight excluding hydrogens is 394 g/mol. The van der Waals surface area contributed by atoms with Gasteiger partial charge < -0.3 is 9.88 Å². The van der Waals surface area contributed by atoms with Crippen molar-refractivity contribution in [2.75, 3.05) is 5.32 Å². The van der Waals surface area contributed by atoms with Crippen LogP contribution in [0.4, 0.5) is 5.69 Å². The summed E-state index contributed by atoms with van der Waals surface area (Å²) in [6.07, 6.45) is 2.66. The summed E-state index contributed by atoms with van der Waals surface area (Å²) >= 11 is 0. The number of carbonyl (C=O) groups is 1. The SMILES string of the molecule is CCc1ccc(-n2c(C)cc(C=C(C#N)C(=O)Nc3ccc4ccccc4c3)c2C)cc1. The van der Waals surface area contributed by atoms with Crippen LogP contribution in [0.3, 0.4) is 0 Å². The van der Waals surface area contributed by atoms with Gasteiger partial charge in [-0.05, 0) is 78.6 Å². The highest BCUT2D eigenvalue weighted by molar-refractivity contribution is 6.10. The highest BCUT2D eigenvalue weighted by Crippen LogP contribution is 2.24. The third kappa shape index (κ3) is 4.19. The normalized spacial score (nSPS) is 11.4. The maximum Gasteiger partial charge on any atom is 0.266 e. The molecule has 4 rings (SSSR count). The quantitative estimate of drug-likeness (QED) is 0.302. The first-order valence-electron chi connectivity index (χ1n) is 10.7. The van der Waals surface area contributed by atoms with Gasteiger partial charge in [-0.25, -0.2) is 0 Å². The second-order valence-electron chi connectivity index (χ2n) is 7.87. The number of hydrogen-bond donors (Lipinski definition) is 1. The van der Waals surface area contributed by atoms with Crippen molar-refractivity contribution in [3.8, 4) is 11.8 Å². The van der Waals surface area contributed by atoms with Crippen LogP contribution >= 0.6 is 0 Å². The summed E-state index contributed by atoms with van der Waals surface area (Å²) in [4.78, 5) is 12.8. The number of rotatable bonds is 5. The summed E-state index contributed by atoms with van der Waals surface area (Å²) < 4.78 is 2.14. The number of nitrogens with zero attached hydrogens (tertiary/aromatic N) is 2. The van der Waals surface area contributed by atoms with Crippen LogP contribution in [-0.2, 0) is 11.2 Å². The molecule has 32 heavy (non-hydrogen) atoms. The molecule has 0 aliphatic heterocycles. The molecule has 1 heterocycles. The summed E-state index contributed by atoms with van der Waals surface area (Å²) in [5.41, 5.74) is 5.97. The van der Waals surface area contributed by atoms with Gasteiger partial charge in [-0.15, -0.1) is 0 Å². The van der Waals surface area contributed by atoms with Crippen molar-refractivity contribution in [2.45, 2.75) is 27.2 Å². The Labute approximate surface area is 188 Å². The molecule has 1 amide bonds. The Morgan fingerprint density at radius 1 is 1.00 bits per heavy atom. The Bertz CT molecular complexity index is 1370. The topological polar surface area (TPSA) is 57.8 Å².